The van der Waals surface area contributed by atoms with Crippen molar-refractivity contribution in [3.05, 3.63) is 47.7 Å². The van der Waals surface area contributed by atoms with E-state index in [0.717, 1.165) is 12.0 Å². The van der Waals surface area contributed by atoms with E-state index < -0.39 is 11.6 Å². The smallest absolute Gasteiger partial charge is 0.410 e. The standard InChI is InChI=1S/C18H21N3O4/c1-13-11-15(20-25-13)19-16(22)18(2)9-6-10-21(18)17(23)24-12-14-7-4-3-5-8-14/h3-5,7-8,11H,6,9-10,12H2,1-2H3,(H,19,20,22). The van der Waals surface area contributed by atoms with Crippen molar-refractivity contribution < 1.29 is 18.8 Å². The Labute approximate surface area is 145 Å². The van der Waals surface area contributed by atoms with Gasteiger partial charge in [-0.15, -0.1) is 0 Å². The minimum absolute atomic E-state index is 0.177. The molecule has 1 aliphatic rings. The van der Waals surface area contributed by atoms with E-state index in [9.17, 15) is 9.59 Å². The topological polar surface area (TPSA) is 84.7 Å². The number of aromatic nitrogens is 1. The first-order valence-electron chi connectivity index (χ1n) is 8.22. The maximum Gasteiger partial charge on any atom is 0.410 e. The number of benzene rings is 1. The molecule has 1 unspecified atom stereocenters. The lowest BCUT2D eigenvalue weighted by Gasteiger charge is -2.32. The van der Waals surface area contributed by atoms with Crippen LogP contribution in [0.2, 0.25) is 0 Å². The summed E-state index contributed by atoms with van der Waals surface area (Å²) in [6, 6.07) is 11.1. The molecular formula is C18H21N3O4. The quantitative estimate of drug-likeness (QED) is 0.922. The van der Waals surface area contributed by atoms with Gasteiger partial charge in [0, 0.05) is 12.6 Å². The lowest BCUT2D eigenvalue weighted by molar-refractivity contribution is -0.125. The van der Waals surface area contributed by atoms with E-state index in [2.05, 4.69) is 10.5 Å². The molecule has 3 rings (SSSR count). The Morgan fingerprint density at radius 2 is 2.12 bits per heavy atom. The van der Waals surface area contributed by atoms with Crippen molar-refractivity contribution in [2.24, 2.45) is 0 Å². The molecule has 2 aromatic rings. The van der Waals surface area contributed by atoms with Crippen LogP contribution in [0.5, 0.6) is 0 Å². The van der Waals surface area contributed by atoms with Crippen LogP contribution in [0, 0.1) is 6.92 Å². The van der Waals surface area contributed by atoms with Crippen molar-refractivity contribution in [3.63, 3.8) is 0 Å². The highest BCUT2D eigenvalue weighted by molar-refractivity contribution is 5.99. The Morgan fingerprint density at radius 3 is 2.80 bits per heavy atom. The normalized spacial score (nSPS) is 19.7. The summed E-state index contributed by atoms with van der Waals surface area (Å²) in [5, 5.41) is 6.47. The summed E-state index contributed by atoms with van der Waals surface area (Å²) < 4.78 is 10.3. The van der Waals surface area contributed by atoms with Gasteiger partial charge < -0.3 is 14.6 Å². The number of anilines is 1. The zero-order valence-corrected chi connectivity index (χ0v) is 14.3. The molecule has 1 saturated heterocycles. The summed E-state index contributed by atoms with van der Waals surface area (Å²) in [6.45, 7) is 4.14. The fraction of sp³-hybridized carbons (Fsp3) is 0.389. The van der Waals surface area contributed by atoms with E-state index in [1.54, 1.807) is 19.9 Å². The molecule has 1 atom stereocenters. The van der Waals surface area contributed by atoms with Gasteiger partial charge in [-0.05, 0) is 32.3 Å². The van der Waals surface area contributed by atoms with Gasteiger partial charge in [-0.1, -0.05) is 35.5 Å². The van der Waals surface area contributed by atoms with Crippen LogP contribution in [0.3, 0.4) is 0 Å². The first-order valence-corrected chi connectivity index (χ1v) is 8.22. The molecule has 1 N–H and O–H groups in total. The number of amides is 2. The summed E-state index contributed by atoms with van der Waals surface area (Å²) in [5.74, 6) is 0.647. The van der Waals surface area contributed by atoms with Crippen LogP contribution in [0.4, 0.5) is 10.6 Å². The van der Waals surface area contributed by atoms with E-state index in [0.29, 0.717) is 24.5 Å². The van der Waals surface area contributed by atoms with Gasteiger partial charge in [-0.2, -0.15) is 0 Å². The molecule has 2 heterocycles. The molecule has 2 amide bonds. The zero-order valence-electron chi connectivity index (χ0n) is 14.3. The van der Waals surface area contributed by atoms with Crippen LogP contribution in [0.25, 0.3) is 0 Å². The van der Waals surface area contributed by atoms with Gasteiger partial charge in [0.15, 0.2) is 5.82 Å². The Balaban J connectivity index is 1.65. The molecule has 7 nitrogen and oxygen atoms in total. The molecule has 0 spiro atoms. The van der Waals surface area contributed by atoms with E-state index in [4.69, 9.17) is 9.26 Å². The van der Waals surface area contributed by atoms with Crippen LogP contribution < -0.4 is 5.32 Å². The summed E-state index contributed by atoms with van der Waals surface area (Å²) in [4.78, 5) is 26.7. The van der Waals surface area contributed by atoms with Crippen molar-refractivity contribution in [1.29, 1.82) is 0 Å². The summed E-state index contributed by atoms with van der Waals surface area (Å²) in [6.07, 6.45) is 0.813. The SMILES string of the molecule is Cc1cc(NC(=O)C2(C)CCCN2C(=O)OCc2ccccc2)no1. The maximum absolute atomic E-state index is 12.7. The average molecular weight is 343 g/mol. The summed E-state index contributed by atoms with van der Waals surface area (Å²) in [7, 11) is 0. The number of ether oxygens (including phenoxy) is 1. The highest BCUT2D eigenvalue weighted by atomic mass is 16.6. The summed E-state index contributed by atoms with van der Waals surface area (Å²) in [5.41, 5.74) is -0.0695. The lowest BCUT2D eigenvalue weighted by atomic mass is 9.98. The van der Waals surface area contributed by atoms with Crippen molar-refractivity contribution in [3.8, 4) is 0 Å². The third-order valence-corrected chi connectivity index (χ3v) is 4.43. The monoisotopic (exact) mass is 343 g/mol. The molecule has 0 saturated carbocycles. The third kappa shape index (κ3) is 3.65. The van der Waals surface area contributed by atoms with Gasteiger partial charge in [0.1, 0.15) is 17.9 Å². The molecule has 132 valence electrons. The number of rotatable bonds is 4. The molecule has 1 aromatic carbocycles. The Bertz CT molecular complexity index is 759. The number of hydrogen-bond donors (Lipinski definition) is 1. The van der Waals surface area contributed by atoms with Gasteiger partial charge in [0.05, 0.1) is 0 Å². The van der Waals surface area contributed by atoms with Gasteiger partial charge >= 0.3 is 6.09 Å². The van der Waals surface area contributed by atoms with E-state index in [1.165, 1.54) is 4.90 Å². The van der Waals surface area contributed by atoms with E-state index in [1.807, 2.05) is 30.3 Å². The second-order valence-corrected chi connectivity index (χ2v) is 6.35. The minimum atomic E-state index is -0.972. The number of aryl methyl sites for hydroxylation is 1. The van der Waals surface area contributed by atoms with E-state index in [-0.39, 0.29) is 12.5 Å². The number of carbonyl (C=O) groups is 2. The molecule has 1 fully saturated rings. The highest BCUT2D eigenvalue weighted by Gasteiger charge is 2.46. The molecule has 0 radical (unpaired) electrons. The molecule has 25 heavy (non-hydrogen) atoms. The molecule has 0 aliphatic carbocycles. The lowest BCUT2D eigenvalue weighted by Crippen LogP contribution is -2.53. The van der Waals surface area contributed by atoms with Gasteiger partial charge in [-0.3, -0.25) is 9.69 Å². The zero-order chi connectivity index (χ0) is 17.9. The minimum Gasteiger partial charge on any atom is -0.445 e. The Hall–Kier alpha value is -2.83. The third-order valence-electron chi connectivity index (χ3n) is 4.43. The molecule has 1 aromatic heterocycles. The number of hydrogen-bond acceptors (Lipinski definition) is 5. The van der Waals surface area contributed by atoms with Crippen molar-refractivity contribution in [1.82, 2.24) is 10.1 Å². The van der Waals surface area contributed by atoms with E-state index >= 15 is 0 Å². The van der Waals surface area contributed by atoms with Crippen LogP contribution in [0.15, 0.2) is 40.9 Å². The first-order chi connectivity index (χ1) is 12.0. The predicted octanol–water partition coefficient (Wildman–Crippen LogP) is 3.11. The van der Waals surface area contributed by atoms with Crippen LogP contribution in [-0.2, 0) is 16.1 Å². The maximum atomic E-state index is 12.7. The number of nitrogens with zero attached hydrogens (tertiary/aromatic N) is 2. The molecular weight excluding hydrogens is 322 g/mol. The summed E-state index contributed by atoms with van der Waals surface area (Å²) >= 11 is 0. The fourth-order valence-electron chi connectivity index (χ4n) is 2.97. The van der Waals surface area contributed by atoms with Crippen molar-refractivity contribution in [2.75, 3.05) is 11.9 Å². The van der Waals surface area contributed by atoms with Crippen molar-refractivity contribution >= 4 is 17.8 Å². The average Bonchev–Trinajstić information content (AvgIpc) is 3.20. The largest absolute Gasteiger partial charge is 0.445 e. The van der Waals surface area contributed by atoms with Crippen LogP contribution >= 0.6 is 0 Å². The second-order valence-electron chi connectivity index (χ2n) is 6.35. The fourth-order valence-corrected chi connectivity index (χ4v) is 2.97. The Kier molecular flexibility index (Phi) is 4.74. The highest BCUT2D eigenvalue weighted by Crippen LogP contribution is 2.31. The Morgan fingerprint density at radius 1 is 1.36 bits per heavy atom. The number of likely N-dealkylation sites (tertiary alicyclic amines) is 1. The number of nitrogens with one attached hydrogen (secondary N) is 1. The predicted molar refractivity (Wildman–Crippen MR) is 90.8 cm³/mol. The second kappa shape index (κ2) is 6.96. The molecule has 0 bridgehead atoms. The van der Waals surface area contributed by atoms with Crippen molar-refractivity contribution in [2.45, 2.75) is 38.8 Å². The van der Waals surface area contributed by atoms with Gasteiger partial charge in [0.2, 0.25) is 0 Å². The first kappa shape index (κ1) is 17.0. The van der Waals surface area contributed by atoms with Crippen LogP contribution in [0.1, 0.15) is 31.1 Å². The molecule has 1 aliphatic heterocycles. The molecule has 7 heteroatoms. The van der Waals surface area contributed by atoms with Gasteiger partial charge in [0.25, 0.3) is 5.91 Å². The number of carbonyl (C=O) groups excluding carboxylic acids is 2. The van der Waals surface area contributed by atoms with Gasteiger partial charge in [-0.25, -0.2) is 4.79 Å². The van der Waals surface area contributed by atoms with Crippen LogP contribution in [-0.4, -0.2) is 34.1 Å².